The molecule has 3 fully saturated rings. The van der Waals surface area contributed by atoms with E-state index in [1.807, 2.05) is 43.3 Å². The number of aryl methyl sites for hydroxylation is 2. The van der Waals surface area contributed by atoms with E-state index in [1.54, 1.807) is 38.2 Å². The number of nitrogens with zero attached hydrogens (tertiary/aromatic N) is 4. The van der Waals surface area contributed by atoms with Gasteiger partial charge in [-0.3, -0.25) is 28.8 Å². The second-order valence-electron chi connectivity index (χ2n) is 14.5. The van der Waals surface area contributed by atoms with Crippen molar-refractivity contribution in [3.05, 3.63) is 104 Å². The van der Waals surface area contributed by atoms with E-state index < -0.39 is 58.4 Å². The number of allylic oxidation sites excluding steroid dienone is 2. The molecule has 1 N–H and O–H groups in total. The van der Waals surface area contributed by atoms with Gasteiger partial charge in [-0.05, 0) is 115 Å². The molecule has 0 spiro atoms. The summed E-state index contributed by atoms with van der Waals surface area (Å²) in [6.45, 7) is 3.68. The number of aromatic hydroxyl groups is 1. The molecule has 4 amide bonds. The Balaban J connectivity index is 1.16. The number of aromatic nitrogens is 2. The van der Waals surface area contributed by atoms with E-state index in [4.69, 9.17) is 16.7 Å². The average molecular weight is 861 g/mol. The van der Waals surface area contributed by atoms with Gasteiger partial charge in [0.25, 0.3) is 0 Å². The SMILES string of the molecule is Cc1c(-c2cc(N3C(=O)C4CC5C(=CCC6C(=O)N(c7ccc(I)cc7)C(=O)C65)C(c5cccc(F)c5O)C4(C)C3=O)n(C)n2)sc2ccc(Cl)cc12. The number of carbonyl (C=O) groups excluding carboxylic acids is 4. The van der Waals surface area contributed by atoms with Gasteiger partial charge in [0, 0.05) is 37.9 Å². The Morgan fingerprint density at radius 1 is 0.981 bits per heavy atom. The van der Waals surface area contributed by atoms with E-state index in [2.05, 4.69) is 22.6 Å². The molecule has 9 rings (SSSR count). The minimum Gasteiger partial charge on any atom is -0.505 e. The van der Waals surface area contributed by atoms with Crippen LogP contribution in [-0.4, -0.2) is 38.5 Å². The highest BCUT2D eigenvalue weighted by Crippen LogP contribution is 2.64. The third-order valence-corrected chi connectivity index (χ3v) is 14.2. The van der Waals surface area contributed by atoms with Crippen molar-refractivity contribution < 1.29 is 28.7 Å². The predicted octanol–water partition coefficient (Wildman–Crippen LogP) is 8.15. The van der Waals surface area contributed by atoms with E-state index >= 15 is 4.39 Å². The van der Waals surface area contributed by atoms with Crippen molar-refractivity contribution in [3.63, 3.8) is 0 Å². The molecule has 9 nitrogen and oxygen atoms in total. The molecule has 2 aliphatic carbocycles. The number of halogens is 3. The van der Waals surface area contributed by atoms with Crippen LogP contribution in [0.4, 0.5) is 15.9 Å². The molecule has 2 saturated heterocycles. The molecule has 53 heavy (non-hydrogen) atoms. The molecule has 4 heterocycles. The minimum atomic E-state index is -1.46. The maximum absolute atomic E-state index is 15.1. The standard InChI is InChI=1S/C40H31ClFIN4O5S/c1-18-25-15-19(41)7-14-30(25)53-35(18)29-17-31(45(3)44-29)47-37(50)27-16-26-22(33(40(27,2)39(47)52)24-5-4-6-28(42)34(24)48)12-13-23-32(26)38(51)46(36(23)49)21-10-8-20(43)9-11-21/h4-12,14-15,17,23,26-27,32-33,48H,13,16H2,1-3H3. The van der Waals surface area contributed by atoms with Crippen molar-refractivity contribution in [2.24, 2.45) is 36.1 Å². The van der Waals surface area contributed by atoms with Crippen LogP contribution in [0.1, 0.15) is 36.8 Å². The highest BCUT2D eigenvalue weighted by Gasteiger charge is 2.68. The Morgan fingerprint density at radius 2 is 1.74 bits per heavy atom. The molecule has 2 aromatic heterocycles. The van der Waals surface area contributed by atoms with Crippen LogP contribution in [0, 0.1) is 45.4 Å². The molecular weight excluding hydrogens is 830 g/mol. The molecule has 2 aliphatic heterocycles. The smallest absolute Gasteiger partial charge is 0.242 e. The van der Waals surface area contributed by atoms with Crippen LogP contribution < -0.4 is 9.80 Å². The predicted molar refractivity (Wildman–Crippen MR) is 208 cm³/mol. The van der Waals surface area contributed by atoms with E-state index in [0.717, 1.165) is 30.2 Å². The Hall–Kier alpha value is -4.40. The van der Waals surface area contributed by atoms with Crippen LogP contribution in [0.5, 0.6) is 5.75 Å². The maximum atomic E-state index is 15.1. The fourth-order valence-electron chi connectivity index (χ4n) is 9.40. The van der Waals surface area contributed by atoms with Gasteiger partial charge in [0.15, 0.2) is 11.6 Å². The van der Waals surface area contributed by atoms with Crippen molar-refractivity contribution in [2.45, 2.75) is 32.6 Å². The molecule has 6 atom stereocenters. The lowest BCUT2D eigenvalue weighted by Gasteiger charge is -2.49. The monoisotopic (exact) mass is 860 g/mol. The fourth-order valence-corrected chi connectivity index (χ4v) is 11.1. The molecule has 5 aromatic rings. The first-order valence-electron chi connectivity index (χ1n) is 17.2. The Labute approximate surface area is 326 Å². The molecule has 268 valence electrons. The largest absolute Gasteiger partial charge is 0.505 e. The number of phenolic OH excluding ortho intramolecular Hbond substituents is 1. The highest BCUT2D eigenvalue weighted by atomic mass is 127. The van der Waals surface area contributed by atoms with Crippen molar-refractivity contribution in [3.8, 4) is 16.3 Å². The first kappa shape index (κ1) is 34.4. The Bertz CT molecular complexity index is 2500. The molecule has 6 unspecified atom stereocenters. The van der Waals surface area contributed by atoms with Gasteiger partial charge >= 0.3 is 0 Å². The van der Waals surface area contributed by atoms with Crippen molar-refractivity contribution in [1.82, 2.24) is 9.78 Å². The van der Waals surface area contributed by atoms with E-state index in [-0.39, 0.29) is 36.0 Å². The molecule has 0 radical (unpaired) electrons. The Kier molecular flexibility index (Phi) is 7.82. The number of phenols is 1. The lowest BCUT2D eigenvalue weighted by molar-refractivity contribution is -0.131. The quantitative estimate of drug-likeness (QED) is 0.111. The Morgan fingerprint density at radius 3 is 2.49 bits per heavy atom. The van der Waals surface area contributed by atoms with Crippen LogP contribution in [0.15, 0.2) is 78.4 Å². The second kappa shape index (κ2) is 12.1. The first-order chi connectivity index (χ1) is 25.3. The number of carbonyl (C=O) groups is 4. The van der Waals surface area contributed by atoms with Crippen molar-refractivity contribution >= 4 is 90.7 Å². The number of hydrogen-bond acceptors (Lipinski definition) is 7. The molecule has 4 aliphatic rings. The van der Waals surface area contributed by atoms with E-state index in [0.29, 0.717) is 22.0 Å². The van der Waals surface area contributed by atoms with Gasteiger partial charge in [-0.25, -0.2) is 9.29 Å². The zero-order valence-electron chi connectivity index (χ0n) is 28.6. The third kappa shape index (κ3) is 4.80. The van der Waals surface area contributed by atoms with Crippen LogP contribution in [0.2, 0.25) is 5.02 Å². The number of imide groups is 2. The van der Waals surface area contributed by atoms with Crippen LogP contribution in [0.3, 0.4) is 0 Å². The first-order valence-corrected chi connectivity index (χ1v) is 19.5. The summed E-state index contributed by atoms with van der Waals surface area (Å²) >= 11 is 9.99. The van der Waals surface area contributed by atoms with E-state index in [1.165, 1.54) is 31.9 Å². The van der Waals surface area contributed by atoms with Gasteiger partial charge < -0.3 is 5.11 Å². The topological polar surface area (TPSA) is 113 Å². The van der Waals surface area contributed by atoms with Crippen LogP contribution >= 0.6 is 45.5 Å². The number of amides is 4. The number of thiophene rings is 1. The zero-order valence-corrected chi connectivity index (χ0v) is 32.4. The lowest BCUT2D eigenvalue weighted by Crippen LogP contribution is -2.49. The summed E-state index contributed by atoms with van der Waals surface area (Å²) in [5.74, 6) is -6.85. The van der Waals surface area contributed by atoms with Gasteiger partial charge in [-0.1, -0.05) is 35.4 Å². The van der Waals surface area contributed by atoms with Gasteiger partial charge in [-0.15, -0.1) is 11.3 Å². The second-order valence-corrected chi connectivity index (χ2v) is 17.3. The number of para-hydroxylation sites is 1. The average Bonchev–Trinajstić information content (AvgIpc) is 3.80. The number of benzene rings is 3. The summed E-state index contributed by atoms with van der Waals surface area (Å²) in [7, 11) is 1.67. The van der Waals surface area contributed by atoms with Crippen LogP contribution in [0.25, 0.3) is 20.7 Å². The van der Waals surface area contributed by atoms with Gasteiger partial charge in [0.1, 0.15) is 11.5 Å². The molecule has 1 saturated carbocycles. The van der Waals surface area contributed by atoms with Gasteiger partial charge in [-0.2, -0.15) is 5.10 Å². The maximum Gasteiger partial charge on any atom is 0.242 e. The lowest BCUT2D eigenvalue weighted by atomic mass is 9.51. The molecular formula is C40H31ClFIN4O5S. The summed E-state index contributed by atoms with van der Waals surface area (Å²) < 4.78 is 18.6. The molecule has 0 bridgehead atoms. The summed E-state index contributed by atoms with van der Waals surface area (Å²) in [6.07, 6.45) is 2.23. The van der Waals surface area contributed by atoms with Crippen LogP contribution in [-0.2, 0) is 26.2 Å². The number of fused-ring (bicyclic) bond motifs is 5. The van der Waals surface area contributed by atoms with Crippen molar-refractivity contribution in [1.29, 1.82) is 0 Å². The molecule has 3 aromatic carbocycles. The highest BCUT2D eigenvalue weighted by molar-refractivity contribution is 14.1. The minimum absolute atomic E-state index is 0.123. The summed E-state index contributed by atoms with van der Waals surface area (Å²) in [6, 6.07) is 18.7. The van der Waals surface area contributed by atoms with Gasteiger partial charge in [0.2, 0.25) is 23.6 Å². The van der Waals surface area contributed by atoms with Crippen molar-refractivity contribution in [2.75, 3.05) is 9.80 Å². The number of anilines is 2. The number of hydrogen-bond donors (Lipinski definition) is 1. The van der Waals surface area contributed by atoms with E-state index in [9.17, 15) is 24.3 Å². The third-order valence-electron chi connectivity index (χ3n) is 11.9. The van der Waals surface area contributed by atoms with Gasteiger partial charge in [0.05, 0.1) is 33.7 Å². The summed E-state index contributed by atoms with van der Waals surface area (Å²) in [5.41, 5.74) is 1.38. The molecule has 13 heteroatoms. The fraction of sp³-hybridized carbons (Fsp3) is 0.275. The number of rotatable bonds is 4. The zero-order chi connectivity index (χ0) is 37.2. The normalized spacial score (nSPS) is 26.7. The summed E-state index contributed by atoms with van der Waals surface area (Å²) in [5, 5.41) is 17.6. The summed E-state index contributed by atoms with van der Waals surface area (Å²) in [4.78, 5) is 61.3.